The summed E-state index contributed by atoms with van der Waals surface area (Å²) in [5.41, 5.74) is 6.29. The molecule has 0 bridgehead atoms. The lowest BCUT2D eigenvalue weighted by atomic mass is 10.2. The summed E-state index contributed by atoms with van der Waals surface area (Å²) in [5.74, 6) is 3.15. The van der Waals surface area contributed by atoms with Gasteiger partial charge < -0.3 is 34.7 Å². The fraction of sp³-hybridized carbons (Fsp3) is 0.381. The number of hydrogen-bond acceptors (Lipinski definition) is 6. The minimum Gasteiger partial charge on any atom is -0.494 e. The highest BCUT2D eigenvalue weighted by molar-refractivity contribution is 7.80. The lowest BCUT2D eigenvalue weighted by Gasteiger charge is -2.14. The van der Waals surface area contributed by atoms with Crippen LogP contribution in [0, 0.1) is 0 Å². The van der Waals surface area contributed by atoms with Crippen LogP contribution in [0.5, 0.6) is 28.7 Å². The predicted molar refractivity (Wildman–Crippen MR) is 118 cm³/mol. The standard InChI is InChI=1S/C21H28N2O5S/c1-24-18-13-17(14-19(25-2)20(18)26-3)28-11-6-4-5-10-27-16-9-7-8-15(12-16)23-21(22)29/h7-9,12-14H,4-6,10-11H2,1-3H3,(H3,22,23,29). The van der Waals surface area contributed by atoms with Crippen molar-refractivity contribution in [3.63, 3.8) is 0 Å². The number of hydrogen-bond donors (Lipinski definition) is 2. The van der Waals surface area contributed by atoms with Crippen molar-refractivity contribution in [3.8, 4) is 28.7 Å². The molecule has 29 heavy (non-hydrogen) atoms. The van der Waals surface area contributed by atoms with Crippen molar-refractivity contribution < 1.29 is 23.7 Å². The third-order valence-electron chi connectivity index (χ3n) is 4.07. The molecule has 2 aromatic rings. The van der Waals surface area contributed by atoms with Gasteiger partial charge in [-0.15, -0.1) is 0 Å². The Labute approximate surface area is 177 Å². The summed E-state index contributed by atoms with van der Waals surface area (Å²) >= 11 is 4.84. The number of nitrogens with two attached hydrogens (primary N) is 1. The molecule has 0 heterocycles. The Morgan fingerprint density at radius 1 is 0.862 bits per heavy atom. The highest BCUT2D eigenvalue weighted by atomic mass is 32.1. The lowest BCUT2D eigenvalue weighted by molar-refractivity contribution is 0.275. The van der Waals surface area contributed by atoms with E-state index in [4.69, 9.17) is 41.6 Å². The minimum atomic E-state index is 0.231. The number of unbranched alkanes of at least 4 members (excludes halogenated alkanes) is 2. The molecule has 0 fully saturated rings. The van der Waals surface area contributed by atoms with Gasteiger partial charge >= 0.3 is 0 Å². The van der Waals surface area contributed by atoms with Crippen LogP contribution in [-0.2, 0) is 0 Å². The molecule has 0 spiro atoms. The second kappa shape index (κ2) is 11.9. The topological polar surface area (TPSA) is 84.2 Å². The zero-order chi connectivity index (χ0) is 21.1. The zero-order valence-corrected chi connectivity index (χ0v) is 17.8. The molecule has 0 unspecified atom stereocenters. The van der Waals surface area contributed by atoms with E-state index in [0.29, 0.717) is 36.2 Å². The van der Waals surface area contributed by atoms with Gasteiger partial charge in [-0.2, -0.15) is 0 Å². The van der Waals surface area contributed by atoms with Gasteiger partial charge in [-0.1, -0.05) is 6.07 Å². The number of thiocarbonyl (C=S) groups is 1. The van der Waals surface area contributed by atoms with Gasteiger partial charge in [0.15, 0.2) is 16.6 Å². The first kappa shape index (κ1) is 22.4. The third-order valence-corrected chi connectivity index (χ3v) is 4.17. The van der Waals surface area contributed by atoms with Gasteiger partial charge in [-0.05, 0) is 43.6 Å². The third kappa shape index (κ3) is 7.23. The molecule has 0 saturated carbocycles. The Morgan fingerprint density at radius 3 is 2.03 bits per heavy atom. The van der Waals surface area contributed by atoms with E-state index in [0.717, 1.165) is 30.7 Å². The molecule has 0 atom stereocenters. The van der Waals surface area contributed by atoms with E-state index in [1.165, 1.54) is 0 Å². The first-order valence-corrected chi connectivity index (χ1v) is 9.70. The first-order chi connectivity index (χ1) is 14.1. The summed E-state index contributed by atoms with van der Waals surface area (Å²) < 4.78 is 27.6. The van der Waals surface area contributed by atoms with E-state index in [2.05, 4.69) is 5.32 Å². The van der Waals surface area contributed by atoms with Gasteiger partial charge in [0.2, 0.25) is 5.75 Å². The highest BCUT2D eigenvalue weighted by Gasteiger charge is 2.13. The number of benzene rings is 2. The molecule has 0 radical (unpaired) electrons. The average molecular weight is 421 g/mol. The summed E-state index contributed by atoms with van der Waals surface area (Å²) in [6.45, 7) is 1.21. The van der Waals surface area contributed by atoms with E-state index in [9.17, 15) is 0 Å². The fourth-order valence-electron chi connectivity index (χ4n) is 2.71. The van der Waals surface area contributed by atoms with E-state index in [-0.39, 0.29) is 5.11 Å². The molecular weight excluding hydrogens is 392 g/mol. The highest BCUT2D eigenvalue weighted by Crippen LogP contribution is 2.40. The Kier molecular flexibility index (Phi) is 9.17. The van der Waals surface area contributed by atoms with Crippen molar-refractivity contribution in [1.29, 1.82) is 0 Å². The number of nitrogens with one attached hydrogen (secondary N) is 1. The van der Waals surface area contributed by atoms with Crippen molar-refractivity contribution in [3.05, 3.63) is 36.4 Å². The van der Waals surface area contributed by atoms with Gasteiger partial charge in [-0.3, -0.25) is 0 Å². The molecule has 0 saturated heterocycles. The number of ether oxygens (including phenoxy) is 5. The molecule has 3 N–H and O–H groups in total. The summed E-state index contributed by atoms with van der Waals surface area (Å²) in [5, 5.41) is 3.12. The molecule has 158 valence electrons. The summed E-state index contributed by atoms with van der Waals surface area (Å²) in [4.78, 5) is 0. The molecule has 0 aromatic heterocycles. The SMILES string of the molecule is COc1cc(OCCCCCOc2cccc(NC(N)=S)c2)cc(OC)c1OC. The van der Waals surface area contributed by atoms with E-state index >= 15 is 0 Å². The molecule has 0 aliphatic carbocycles. The quantitative estimate of drug-likeness (QED) is 0.394. The van der Waals surface area contributed by atoms with Crippen molar-refractivity contribution in [2.75, 3.05) is 39.9 Å². The Hall–Kier alpha value is -2.87. The first-order valence-electron chi connectivity index (χ1n) is 9.29. The summed E-state index contributed by atoms with van der Waals surface area (Å²) in [7, 11) is 4.73. The van der Waals surface area contributed by atoms with Crippen LogP contribution in [0.25, 0.3) is 0 Å². The molecule has 8 heteroatoms. The Balaban J connectivity index is 1.71. The van der Waals surface area contributed by atoms with Crippen molar-refractivity contribution >= 4 is 23.0 Å². The molecule has 0 amide bonds. The normalized spacial score (nSPS) is 10.2. The van der Waals surface area contributed by atoms with Crippen molar-refractivity contribution in [1.82, 2.24) is 0 Å². The molecule has 2 aromatic carbocycles. The smallest absolute Gasteiger partial charge is 0.203 e. The molecule has 0 aliphatic rings. The monoisotopic (exact) mass is 420 g/mol. The number of anilines is 1. The predicted octanol–water partition coefficient (Wildman–Crippen LogP) is 4.00. The maximum atomic E-state index is 5.82. The molecular formula is C21H28N2O5S. The Bertz CT molecular complexity index is 775. The zero-order valence-electron chi connectivity index (χ0n) is 17.0. The number of rotatable bonds is 12. The number of methoxy groups -OCH3 is 3. The van der Waals surface area contributed by atoms with Gasteiger partial charge in [-0.25, -0.2) is 0 Å². The van der Waals surface area contributed by atoms with Crippen molar-refractivity contribution in [2.45, 2.75) is 19.3 Å². The van der Waals surface area contributed by atoms with Crippen LogP contribution < -0.4 is 34.7 Å². The van der Waals surface area contributed by atoms with E-state index < -0.39 is 0 Å². The maximum absolute atomic E-state index is 5.82. The van der Waals surface area contributed by atoms with Crippen LogP contribution in [-0.4, -0.2) is 39.7 Å². The second-order valence-electron chi connectivity index (χ2n) is 6.14. The Morgan fingerprint density at radius 2 is 1.48 bits per heavy atom. The average Bonchev–Trinajstić information content (AvgIpc) is 2.72. The molecule has 7 nitrogen and oxygen atoms in total. The van der Waals surface area contributed by atoms with E-state index in [1.54, 1.807) is 33.5 Å². The largest absolute Gasteiger partial charge is 0.494 e. The van der Waals surface area contributed by atoms with Crippen LogP contribution in [0.1, 0.15) is 19.3 Å². The molecule has 0 aliphatic heterocycles. The maximum Gasteiger partial charge on any atom is 0.203 e. The van der Waals surface area contributed by atoms with Crippen LogP contribution in [0.2, 0.25) is 0 Å². The van der Waals surface area contributed by atoms with Crippen LogP contribution >= 0.6 is 12.2 Å². The fourth-order valence-corrected chi connectivity index (χ4v) is 2.83. The van der Waals surface area contributed by atoms with Gasteiger partial charge in [0.05, 0.1) is 34.5 Å². The van der Waals surface area contributed by atoms with Gasteiger partial charge in [0.1, 0.15) is 11.5 Å². The summed E-state index contributed by atoms with van der Waals surface area (Å²) in [6, 6.07) is 11.1. The van der Waals surface area contributed by atoms with Gasteiger partial charge in [0, 0.05) is 23.9 Å². The van der Waals surface area contributed by atoms with Gasteiger partial charge in [0.25, 0.3) is 0 Å². The van der Waals surface area contributed by atoms with E-state index in [1.807, 2.05) is 24.3 Å². The minimum absolute atomic E-state index is 0.231. The second-order valence-corrected chi connectivity index (χ2v) is 6.58. The van der Waals surface area contributed by atoms with Crippen LogP contribution in [0.4, 0.5) is 5.69 Å². The lowest BCUT2D eigenvalue weighted by Crippen LogP contribution is -2.18. The summed E-state index contributed by atoms with van der Waals surface area (Å²) in [6.07, 6.45) is 2.81. The van der Waals surface area contributed by atoms with Crippen LogP contribution in [0.15, 0.2) is 36.4 Å². The van der Waals surface area contributed by atoms with Crippen LogP contribution in [0.3, 0.4) is 0 Å². The molecule has 2 rings (SSSR count). The van der Waals surface area contributed by atoms with Crippen molar-refractivity contribution in [2.24, 2.45) is 5.73 Å².